The number of halogens is 1. The fourth-order valence-corrected chi connectivity index (χ4v) is 2.21. The molecule has 1 aliphatic rings. The van der Waals surface area contributed by atoms with Gasteiger partial charge in [-0.3, -0.25) is 0 Å². The van der Waals surface area contributed by atoms with Gasteiger partial charge in [-0.05, 0) is 5.56 Å². The molecule has 1 aliphatic heterocycles. The van der Waals surface area contributed by atoms with Gasteiger partial charge in [-0.2, -0.15) is 8.30 Å². The van der Waals surface area contributed by atoms with Crippen LogP contribution in [0.15, 0.2) is 24.3 Å². The molecule has 1 aromatic carbocycles. The van der Waals surface area contributed by atoms with Crippen molar-refractivity contribution < 1.29 is 13.4 Å². The van der Waals surface area contributed by atoms with Gasteiger partial charge in [0.15, 0.2) is 0 Å². The smallest absolute Gasteiger partial charge is 0.435 e. The molecule has 0 spiro atoms. The first-order chi connectivity index (χ1) is 6.62. The molecule has 0 bridgehead atoms. The van der Waals surface area contributed by atoms with Crippen LogP contribution >= 0.6 is 16.1 Å². The number of hydrogen-bond donors (Lipinski definition) is 1. The summed E-state index contributed by atoms with van der Waals surface area (Å²) in [5.74, 6) is 0. The van der Waals surface area contributed by atoms with Gasteiger partial charge in [-0.15, -0.1) is 0 Å². The first kappa shape index (κ1) is 9.68. The molecule has 74 valence electrons. The molecule has 1 amide bonds. The molecule has 3 nitrogen and oxygen atoms in total. The van der Waals surface area contributed by atoms with E-state index in [-0.39, 0.29) is 3.51 Å². The van der Waals surface area contributed by atoms with Crippen LogP contribution in [0.4, 0.5) is 4.79 Å². The van der Waals surface area contributed by atoms with Crippen molar-refractivity contribution in [1.29, 1.82) is 0 Å². The molecule has 2 rings (SSSR count). The zero-order valence-corrected chi connectivity index (χ0v) is 9.20. The minimum Gasteiger partial charge on any atom is -0.435 e. The van der Waals surface area contributed by atoms with Gasteiger partial charge in [-0.1, -0.05) is 24.3 Å². The van der Waals surface area contributed by atoms with Crippen LogP contribution in [-0.2, 0) is 13.0 Å². The Labute approximate surface area is 90.9 Å². The summed E-state index contributed by atoms with van der Waals surface area (Å²) in [7, 11) is 0. The maximum absolute atomic E-state index is 11.0. The summed E-state index contributed by atoms with van der Waals surface area (Å²) >= 11 is 3.27. The minimum absolute atomic E-state index is 0.0794. The lowest BCUT2D eigenvalue weighted by molar-refractivity contribution is -0.720. The molecule has 1 atom stereocenters. The summed E-state index contributed by atoms with van der Waals surface area (Å²) in [6.45, 7) is 1.12. The largest absolute Gasteiger partial charge is 0.524 e. The Morgan fingerprint density at radius 1 is 1.36 bits per heavy atom. The average Bonchev–Trinajstić information content (AvgIpc) is 2.17. The molecule has 1 heterocycles. The molecule has 1 N–H and O–H groups in total. The van der Waals surface area contributed by atoms with Gasteiger partial charge in [0.1, 0.15) is 13.1 Å². The van der Waals surface area contributed by atoms with E-state index in [1.165, 1.54) is 5.56 Å². The van der Waals surface area contributed by atoms with Gasteiger partial charge in [0.25, 0.3) is 0 Å². The van der Waals surface area contributed by atoms with Gasteiger partial charge in [-0.25, -0.2) is 0 Å². The van der Waals surface area contributed by atoms with E-state index in [0.717, 1.165) is 12.0 Å². The Morgan fingerprint density at radius 2 is 2.00 bits per heavy atom. The maximum Gasteiger partial charge on any atom is 0.524 e. The van der Waals surface area contributed by atoms with Gasteiger partial charge in [0.05, 0.1) is 0 Å². The van der Waals surface area contributed by atoms with Crippen LogP contribution in [0, 0.1) is 0 Å². The van der Waals surface area contributed by atoms with Crippen molar-refractivity contribution in [1.82, 2.24) is 0 Å². The Kier molecular flexibility index (Phi) is 2.33. The topological polar surface area (TPSA) is 37.3 Å². The molecule has 0 aliphatic carbocycles. The van der Waals surface area contributed by atoms with Crippen LogP contribution in [0.3, 0.4) is 0 Å². The number of amides is 1. The van der Waals surface area contributed by atoms with Crippen molar-refractivity contribution >= 4 is 22.2 Å². The van der Waals surface area contributed by atoms with E-state index in [2.05, 4.69) is 22.2 Å². The normalized spacial score (nSPS) is 25.5. The number of nitrogens with zero attached hydrogens (tertiary/aromatic N) is 1. The summed E-state index contributed by atoms with van der Waals surface area (Å²) in [5.41, 5.74) is 2.39. The zero-order valence-electron chi connectivity index (χ0n) is 7.61. The lowest BCUT2D eigenvalue weighted by atomic mass is 10.0. The van der Waals surface area contributed by atoms with Crippen molar-refractivity contribution in [2.45, 2.75) is 13.0 Å². The van der Waals surface area contributed by atoms with E-state index in [1.54, 1.807) is 0 Å². The van der Waals surface area contributed by atoms with Gasteiger partial charge in [0, 0.05) is 12.0 Å². The lowest BCUT2D eigenvalue weighted by Gasteiger charge is -2.29. The summed E-state index contributed by atoms with van der Waals surface area (Å²) < 4.78 is -0.0794. The highest BCUT2D eigenvalue weighted by atomic mass is 79.9. The quantitative estimate of drug-likeness (QED) is 0.725. The van der Waals surface area contributed by atoms with Gasteiger partial charge < -0.3 is 5.11 Å². The van der Waals surface area contributed by atoms with Crippen molar-refractivity contribution in [2.75, 3.05) is 6.54 Å². The standard InChI is InChI=1S/C10H10BrNO2/c11-12(10(13)14)6-5-8-3-1-2-4-9(8)7-12/h1-4H,5-7H2/p+1. The summed E-state index contributed by atoms with van der Waals surface area (Å²) in [6.07, 6.45) is -0.00669. The molecular weight excluding hydrogens is 246 g/mol. The van der Waals surface area contributed by atoms with E-state index in [1.807, 2.05) is 18.2 Å². The Balaban J connectivity index is 2.34. The summed E-state index contributed by atoms with van der Waals surface area (Å²) in [5, 5.41) is 9.05. The second-order valence-corrected chi connectivity index (χ2v) is 4.90. The molecule has 0 saturated carbocycles. The fourth-order valence-electron chi connectivity index (χ4n) is 1.77. The van der Waals surface area contributed by atoms with Crippen molar-refractivity contribution in [2.24, 2.45) is 0 Å². The highest BCUT2D eigenvalue weighted by molar-refractivity contribution is 9.05. The van der Waals surface area contributed by atoms with Gasteiger partial charge >= 0.3 is 6.09 Å². The molecule has 4 heteroatoms. The summed E-state index contributed by atoms with van der Waals surface area (Å²) in [6, 6.07) is 8.00. The van der Waals surface area contributed by atoms with Crippen LogP contribution in [-0.4, -0.2) is 21.3 Å². The number of fused-ring (bicyclic) bond motifs is 1. The molecule has 0 aromatic heterocycles. The Hall–Kier alpha value is -0.870. The molecule has 0 fully saturated rings. The maximum atomic E-state index is 11.0. The Morgan fingerprint density at radius 3 is 2.64 bits per heavy atom. The van der Waals surface area contributed by atoms with E-state index in [4.69, 9.17) is 5.11 Å². The van der Waals surface area contributed by atoms with E-state index >= 15 is 0 Å². The number of rotatable bonds is 0. The minimum atomic E-state index is -0.820. The number of benzene rings is 1. The van der Waals surface area contributed by atoms with Crippen molar-refractivity contribution in [3.8, 4) is 0 Å². The second kappa shape index (κ2) is 3.37. The van der Waals surface area contributed by atoms with Gasteiger partial charge in [0.2, 0.25) is 16.1 Å². The van der Waals surface area contributed by atoms with Crippen LogP contribution in [0.5, 0.6) is 0 Å². The van der Waals surface area contributed by atoms with Crippen LogP contribution in [0.1, 0.15) is 11.1 Å². The molecule has 0 saturated heterocycles. The lowest BCUT2D eigenvalue weighted by Crippen LogP contribution is -2.46. The van der Waals surface area contributed by atoms with E-state index in [0.29, 0.717) is 13.1 Å². The second-order valence-electron chi connectivity index (χ2n) is 3.55. The summed E-state index contributed by atoms with van der Waals surface area (Å²) in [4.78, 5) is 11.0. The number of carboxylic acid groups (broad SMARTS) is 1. The molecule has 0 radical (unpaired) electrons. The van der Waals surface area contributed by atoms with Crippen molar-refractivity contribution in [3.63, 3.8) is 0 Å². The molecule has 1 unspecified atom stereocenters. The fraction of sp³-hybridized carbons (Fsp3) is 0.300. The van der Waals surface area contributed by atoms with Crippen LogP contribution < -0.4 is 0 Å². The number of quaternary nitrogens is 1. The van der Waals surface area contributed by atoms with Crippen LogP contribution in [0.2, 0.25) is 0 Å². The number of carbonyl (C=O) groups is 1. The average molecular weight is 257 g/mol. The molecule has 14 heavy (non-hydrogen) atoms. The van der Waals surface area contributed by atoms with Crippen LogP contribution in [0.25, 0.3) is 0 Å². The first-order valence-electron chi connectivity index (χ1n) is 4.49. The van der Waals surface area contributed by atoms with E-state index < -0.39 is 6.09 Å². The van der Waals surface area contributed by atoms with E-state index in [9.17, 15) is 4.79 Å². The van der Waals surface area contributed by atoms with Crippen molar-refractivity contribution in [3.05, 3.63) is 35.4 Å². The third-order valence-electron chi connectivity index (χ3n) is 2.62. The predicted octanol–water partition coefficient (Wildman–Crippen LogP) is 2.55. The molecule has 1 aromatic rings. The third-order valence-corrected chi connectivity index (χ3v) is 3.53. The zero-order chi connectivity index (χ0) is 10.2. The monoisotopic (exact) mass is 256 g/mol. The SMILES string of the molecule is O=C(O)[N+]1(Br)CCc2ccccc2C1. The third kappa shape index (κ3) is 1.55. The number of hydrogen-bond acceptors (Lipinski definition) is 1. The Bertz CT molecular complexity index is 380. The molecular formula is C10H11BrNO2+. The first-order valence-corrected chi connectivity index (χ1v) is 5.20. The highest BCUT2D eigenvalue weighted by Crippen LogP contribution is 2.29. The highest BCUT2D eigenvalue weighted by Gasteiger charge is 2.38. The predicted molar refractivity (Wildman–Crippen MR) is 55.9 cm³/mol.